The summed E-state index contributed by atoms with van der Waals surface area (Å²) in [5.74, 6) is -1.35. The molecule has 0 saturated heterocycles. The van der Waals surface area contributed by atoms with E-state index in [1.807, 2.05) is 0 Å². The third kappa shape index (κ3) is 6.86. The van der Waals surface area contributed by atoms with Crippen molar-refractivity contribution in [1.29, 1.82) is 0 Å². The smallest absolute Gasteiger partial charge is 0.255 e. The minimum atomic E-state index is -2.75. The van der Waals surface area contributed by atoms with E-state index in [1.165, 1.54) is 21.9 Å². The molecular formula is C51H51N3O14. The van der Waals surface area contributed by atoms with Crippen molar-refractivity contribution in [2.75, 3.05) is 28.2 Å². The van der Waals surface area contributed by atoms with Crippen LogP contribution < -0.4 is 5.73 Å². The summed E-state index contributed by atoms with van der Waals surface area (Å²) in [4.78, 5) is 83.1. The number of Topliss-reactive ketones (excluding diaryl/α,β-unsaturated/α-hetero) is 5. The number of carbonyl (C=O) groups is 6. The number of amides is 1. The molecule has 68 heavy (non-hydrogen) atoms. The van der Waals surface area contributed by atoms with Gasteiger partial charge in [0.15, 0.2) is 28.6 Å². The molecule has 0 bridgehead atoms. The van der Waals surface area contributed by atoms with Crippen molar-refractivity contribution in [2.45, 2.75) is 81.6 Å². The maximum atomic E-state index is 14.1. The molecule has 0 fully saturated rings. The van der Waals surface area contributed by atoms with Gasteiger partial charge >= 0.3 is 0 Å². The van der Waals surface area contributed by atoms with Gasteiger partial charge in [0.1, 0.15) is 45.7 Å². The number of allylic oxidation sites excluding steroid dienone is 2. The fourth-order valence-electron chi connectivity index (χ4n) is 11.6. The summed E-state index contributed by atoms with van der Waals surface area (Å²) in [5, 5.41) is 90.8. The van der Waals surface area contributed by atoms with Crippen LogP contribution in [0.4, 0.5) is 0 Å². The molecule has 0 aliphatic heterocycles. The topological polar surface area (TPSA) is 297 Å². The number of aromatic hydroxyl groups is 2. The number of ketones is 5. The number of rotatable bonds is 7. The first-order chi connectivity index (χ1) is 32.0. The molecule has 1 amide bonds. The average Bonchev–Trinajstić information content (AvgIpc) is 3.25. The summed E-state index contributed by atoms with van der Waals surface area (Å²) in [5.41, 5.74) is -0.526. The number of likely N-dealkylation sites (N-methyl/N-ethyl adjacent to an activating group) is 2. The van der Waals surface area contributed by atoms with Gasteiger partial charge in [-0.1, -0.05) is 23.7 Å². The van der Waals surface area contributed by atoms with Gasteiger partial charge in [0.2, 0.25) is 11.6 Å². The molecule has 2 aromatic carbocycles. The van der Waals surface area contributed by atoms with Gasteiger partial charge in [-0.25, -0.2) is 0 Å². The molecule has 0 heterocycles. The van der Waals surface area contributed by atoms with Crippen molar-refractivity contribution in [2.24, 2.45) is 29.4 Å². The Morgan fingerprint density at radius 1 is 0.647 bits per heavy atom. The molecule has 6 aliphatic rings. The maximum absolute atomic E-state index is 14.1. The molecule has 2 aromatic rings. The number of unbranched alkanes of at least 4 members (excludes halogenated alkanes) is 3. The number of hydrogen-bond donors (Lipinski definition) is 9. The lowest BCUT2D eigenvalue weighted by Crippen LogP contribution is -2.63. The van der Waals surface area contributed by atoms with E-state index in [0.29, 0.717) is 47.9 Å². The van der Waals surface area contributed by atoms with Crippen molar-refractivity contribution in [3.63, 3.8) is 0 Å². The number of benzene rings is 2. The monoisotopic (exact) mass is 929 g/mol. The summed E-state index contributed by atoms with van der Waals surface area (Å²) in [6.07, 6.45) is 2.19. The number of hydrogen-bond acceptors (Lipinski definition) is 16. The van der Waals surface area contributed by atoms with E-state index >= 15 is 0 Å². The Morgan fingerprint density at radius 3 is 1.40 bits per heavy atom. The number of carbonyl (C=O) groups excluding carboxylic acids is 6. The highest BCUT2D eigenvalue weighted by molar-refractivity contribution is 6.26. The Labute approximate surface area is 390 Å². The molecule has 0 saturated carbocycles. The van der Waals surface area contributed by atoms with Gasteiger partial charge in [-0.2, -0.15) is 0 Å². The first-order valence-electron chi connectivity index (χ1n) is 22.2. The zero-order valence-corrected chi connectivity index (χ0v) is 37.9. The highest BCUT2D eigenvalue weighted by atomic mass is 16.4. The third-order valence-corrected chi connectivity index (χ3v) is 14.6. The van der Waals surface area contributed by atoms with E-state index in [-0.39, 0.29) is 59.5 Å². The average molecular weight is 930 g/mol. The van der Waals surface area contributed by atoms with E-state index in [0.717, 1.165) is 6.92 Å². The minimum absolute atomic E-state index is 0.0201. The quantitative estimate of drug-likeness (QED) is 0.110. The lowest BCUT2D eigenvalue weighted by atomic mass is 9.58. The van der Waals surface area contributed by atoms with Crippen molar-refractivity contribution >= 4 is 34.8 Å². The molecule has 6 aliphatic carbocycles. The van der Waals surface area contributed by atoms with Gasteiger partial charge in [-0.05, 0) is 121 Å². The van der Waals surface area contributed by atoms with Crippen LogP contribution in [0, 0.1) is 47.4 Å². The van der Waals surface area contributed by atoms with E-state index in [1.54, 1.807) is 40.3 Å². The second-order valence-corrected chi connectivity index (χ2v) is 18.9. The Balaban J connectivity index is 0.980. The van der Waals surface area contributed by atoms with Crippen molar-refractivity contribution < 1.29 is 69.6 Å². The molecule has 17 nitrogen and oxygen atoms in total. The molecule has 8 atom stereocenters. The number of nitrogens with two attached hydrogens (primary N) is 1. The second kappa shape index (κ2) is 16.9. The fourth-order valence-corrected chi connectivity index (χ4v) is 11.6. The number of aliphatic hydroxyl groups is 6. The summed E-state index contributed by atoms with van der Waals surface area (Å²) in [7, 11) is 6.30. The summed E-state index contributed by atoms with van der Waals surface area (Å²) < 4.78 is 0. The van der Waals surface area contributed by atoms with Crippen LogP contribution in [0.25, 0.3) is 0 Å². The van der Waals surface area contributed by atoms with E-state index in [2.05, 4.69) is 23.7 Å². The Kier molecular flexibility index (Phi) is 11.8. The number of phenols is 2. The third-order valence-electron chi connectivity index (χ3n) is 14.6. The lowest BCUT2D eigenvalue weighted by Gasteiger charge is -2.50. The molecule has 0 aromatic heterocycles. The highest BCUT2D eigenvalue weighted by Gasteiger charge is 2.65. The van der Waals surface area contributed by atoms with Crippen LogP contribution in [0.1, 0.15) is 88.4 Å². The normalized spacial score (nSPS) is 28.5. The van der Waals surface area contributed by atoms with Crippen LogP contribution in [0.3, 0.4) is 0 Å². The van der Waals surface area contributed by atoms with E-state index < -0.39 is 116 Å². The van der Waals surface area contributed by atoms with Crippen LogP contribution in [0.15, 0.2) is 69.6 Å². The zero-order chi connectivity index (χ0) is 49.6. The van der Waals surface area contributed by atoms with Crippen molar-refractivity contribution in [3.05, 3.63) is 103 Å². The van der Waals surface area contributed by atoms with Crippen molar-refractivity contribution in [3.8, 4) is 35.2 Å². The summed E-state index contributed by atoms with van der Waals surface area (Å²) in [6.45, 7) is 1.06. The summed E-state index contributed by atoms with van der Waals surface area (Å²) >= 11 is 0. The summed E-state index contributed by atoms with van der Waals surface area (Å²) in [6, 6.07) is 3.60. The number of fused-ring (bicyclic) bond motifs is 6. The van der Waals surface area contributed by atoms with Gasteiger partial charge in [0.05, 0.1) is 23.2 Å². The van der Waals surface area contributed by atoms with Crippen LogP contribution in [-0.2, 0) is 32.0 Å². The Morgan fingerprint density at radius 2 is 1.03 bits per heavy atom. The Hall–Kier alpha value is -7.02. The fraction of sp³-hybridized carbons (Fsp3) is 0.412. The lowest BCUT2D eigenvalue weighted by molar-refractivity contribution is -0.149. The van der Waals surface area contributed by atoms with Gasteiger partial charge in [-0.3, -0.25) is 38.6 Å². The molecule has 0 radical (unpaired) electrons. The molecular weight excluding hydrogens is 879 g/mol. The molecule has 0 spiro atoms. The SMILES string of the molecule is CC(=O)C1=C(O)C(N(C)C)C2CC3Cc4c(C#CCCCCC#Cc5ccc(O)c6c5CC5CC7C(N(C)C)C(O)=C(C(N)=O)C(=O)C7(O)C(O)=C5C6=O)ccc(O)c4C(=O)C3=C(O)C2(O)C1=O. The van der Waals surface area contributed by atoms with Gasteiger partial charge in [0, 0.05) is 47.0 Å². The standard InChI is InChI=1S/C51H51N3O14/c1-22(55)33-43(60)39(53(2)3)29-20-25-18-27-23(14-16-31(56)36(27)41(58)34(25)46(63)50(29,67)45(33)62)12-10-8-6-7-9-11-13-24-15-17-32(57)37-28(24)19-26-21-30-40(54(4)5)44(61)38(49(52)66)48(65)51(30,68)47(64)35(26)42(37)59/h14-17,25-26,29-30,39-40,56-57,60-61,63-64,67-68H,6-9,18-21H2,1-5H3,(H2,52,66). The highest BCUT2D eigenvalue weighted by Crippen LogP contribution is 2.54. The number of aliphatic hydroxyl groups excluding tert-OH is 4. The number of primary amides is 1. The zero-order valence-electron chi connectivity index (χ0n) is 37.9. The predicted octanol–water partition coefficient (Wildman–Crippen LogP) is 2.62. The van der Waals surface area contributed by atoms with Crippen LogP contribution >= 0.6 is 0 Å². The Bertz CT molecular complexity index is 2750. The van der Waals surface area contributed by atoms with Crippen LogP contribution in [0.5, 0.6) is 11.5 Å². The molecule has 8 rings (SSSR count). The predicted molar refractivity (Wildman–Crippen MR) is 241 cm³/mol. The minimum Gasteiger partial charge on any atom is -0.510 e. The molecule has 354 valence electrons. The van der Waals surface area contributed by atoms with Gasteiger partial charge in [0.25, 0.3) is 5.91 Å². The van der Waals surface area contributed by atoms with E-state index in [4.69, 9.17) is 5.73 Å². The first-order valence-corrected chi connectivity index (χ1v) is 22.2. The molecule has 10 N–H and O–H groups in total. The molecule has 17 heteroatoms. The van der Waals surface area contributed by atoms with E-state index in [9.17, 15) is 69.6 Å². The first kappa shape index (κ1) is 47.5. The van der Waals surface area contributed by atoms with Crippen LogP contribution in [-0.4, -0.2) is 137 Å². The van der Waals surface area contributed by atoms with Crippen molar-refractivity contribution in [1.82, 2.24) is 9.80 Å². The largest absolute Gasteiger partial charge is 0.510 e. The van der Waals surface area contributed by atoms with Gasteiger partial charge < -0.3 is 46.6 Å². The van der Waals surface area contributed by atoms with Gasteiger partial charge in [-0.15, -0.1) is 0 Å². The molecule has 8 unspecified atom stereocenters. The second-order valence-electron chi connectivity index (χ2n) is 18.9. The number of phenolic OH excluding ortho intramolecular Hbond substituents is 2. The number of nitrogens with zero attached hydrogens (tertiary/aromatic N) is 2. The van der Waals surface area contributed by atoms with Crippen LogP contribution in [0.2, 0.25) is 0 Å². The maximum Gasteiger partial charge on any atom is 0.255 e.